The zero-order chi connectivity index (χ0) is 28.6. The second kappa shape index (κ2) is 10.9. The number of hydrogen-bond acceptors (Lipinski definition) is 12. The standard InChI is InChI=1S/C27H31N3O8S/c1-12-22(33)20(14(3)31)24-21(23(12)34)27(4)17(37-24)11-16(32)19(25(27)35)13(2)28-15(8-10-39-6)26-29-18(30-38-26)7-9-36-5/h11,15,28,33-34H,7-10H2,1-6H3/b19-13+/t15-,27-/m0/s1. The van der Waals surface area contributed by atoms with Gasteiger partial charge in [0.15, 0.2) is 23.2 Å². The summed E-state index contributed by atoms with van der Waals surface area (Å²) in [5.41, 5.74) is -1.51. The highest BCUT2D eigenvalue weighted by atomic mass is 32.2. The van der Waals surface area contributed by atoms with Crippen molar-refractivity contribution in [1.29, 1.82) is 0 Å². The molecule has 2 aromatic rings. The number of nitrogens with one attached hydrogen (secondary N) is 1. The predicted molar refractivity (Wildman–Crippen MR) is 142 cm³/mol. The van der Waals surface area contributed by atoms with E-state index in [9.17, 15) is 24.6 Å². The van der Waals surface area contributed by atoms with E-state index in [2.05, 4.69) is 15.5 Å². The summed E-state index contributed by atoms with van der Waals surface area (Å²) >= 11 is 1.62. The van der Waals surface area contributed by atoms with Crippen LogP contribution in [0.3, 0.4) is 0 Å². The Bertz CT molecular complexity index is 1430. The lowest BCUT2D eigenvalue weighted by atomic mass is 9.70. The molecule has 2 aliphatic rings. The lowest BCUT2D eigenvalue weighted by Gasteiger charge is -2.29. The summed E-state index contributed by atoms with van der Waals surface area (Å²) in [6.45, 7) is 6.25. The second-order valence-electron chi connectivity index (χ2n) is 9.66. The van der Waals surface area contributed by atoms with Gasteiger partial charge in [-0.3, -0.25) is 14.4 Å². The van der Waals surface area contributed by atoms with Crippen molar-refractivity contribution in [2.45, 2.75) is 52.0 Å². The molecule has 0 spiro atoms. The van der Waals surface area contributed by atoms with Gasteiger partial charge in [-0.25, -0.2) is 0 Å². The van der Waals surface area contributed by atoms with E-state index in [-0.39, 0.29) is 39.5 Å². The molecular formula is C27H31N3O8S. The van der Waals surface area contributed by atoms with Crippen LogP contribution in [-0.2, 0) is 26.2 Å². The van der Waals surface area contributed by atoms with E-state index in [0.717, 1.165) is 5.75 Å². The van der Waals surface area contributed by atoms with Gasteiger partial charge in [-0.05, 0) is 46.1 Å². The van der Waals surface area contributed by atoms with Crippen LogP contribution in [0.15, 0.2) is 27.6 Å². The molecule has 208 valence electrons. The number of methoxy groups -OCH3 is 1. The van der Waals surface area contributed by atoms with Crippen LogP contribution >= 0.6 is 11.8 Å². The molecule has 0 fully saturated rings. The Kier molecular flexibility index (Phi) is 7.89. The highest BCUT2D eigenvalue weighted by Crippen LogP contribution is 2.57. The number of Topliss-reactive ketones (excluding diaryl/α,β-unsaturated/α-hetero) is 2. The highest BCUT2D eigenvalue weighted by Gasteiger charge is 2.56. The monoisotopic (exact) mass is 557 g/mol. The fraction of sp³-hybridized carbons (Fsp3) is 0.444. The summed E-state index contributed by atoms with van der Waals surface area (Å²) in [4.78, 5) is 44.1. The number of benzene rings is 1. The average molecular weight is 558 g/mol. The van der Waals surface area contributed by atoms with Crippen molar-refractivity contribution in [2.75, 3.05) is 25.7 Å². The third-order valence-electron chi connectivity index (χ3n) is 7.07. The molecule has 0 saturated carbocycles. The highest BCUT2D eigenvalue weighted by molar-refractivity contribution is 7.98. The molecule has 1 aliphatic heterocycles. The molecule has 39 heavy (non-hydrogen) atoms. The normalized spacial score (nSPS) is 20.2. The minimum Gasteiger partial charge on any atom is -0.507 e. The van der Waals surface area contributed by atoms with E-state index in [1.54, 1.807) is 25.8 Å². The number of ketones is 3. The van der Waals surface area contributed by atoms with Crippen molar-refractivity contribution in [3.8, 4) is 17.2 Å². The molecule has 0 unspecified atom stereocenters. The van der Waals surface area contributed by atoms with Gasteiger partial charge in [0.05, 0.1) is 17.7 Å². The van der Waals surface area contributed by atoms with Gasteiger partial charge in [0.1, 0.15) is 40.0 Å². The lowest BCUT2D eigenvalue weighted by molar-refractivity contribution is -0.123. The van der Waals surface area contributed by atoms with Gasteiger partial charge >= 0.3 is 0 Å². The van der Waals surface area contributed by atoms with Crippen LogP contribution in [0.25, 0.3) is 0 Å². The Hall–Kier alpha value is -3.64. The van der Waals surface area contributed by atoms with Crippen molar-refractivity contribution in [2.24, 2.45) is 0 Å². The van der Waals surface area contributed by atoms with Crippen LogP contribution in [0.4, 0.5) is 0 Å². The van der Waals surface area contributed by atoms with Crippen molar-refractivity contribution in [3.05, 3.63) is 51.5 Å². The van der Waals surface area contributed by atoms with Gasteiger partial charge in [0.2, 0.25) is 5.89 Å². The van der Waals surface area contributed by atoms with Crippen LogP contribution in [0, 0.1) is 6.92 Å². The van der Waals surface area contributed by atoms with Crippen LogP contribution in [0.5, 0.6) is 17.2 Å². The molecule has 1 aromatic heterocycles. The van der Waals surface area contributed by atoms with E-state index < -0.39 is 34.6 Å². The zero-order valence-corrected chi connectivity index (χ0v) is 23.4. The summed E-state index contributed by atoms with van der Waals surface area (Å²) in [5, 5.41) is 28.7. The Morgan fingerprint density at radius 3 is 2.62 bits per heavy atom. The molecule has 0 radical (unpaired) electrons. The van der Waals surface area contributed by atoms with Crippen LogP contribution in [0.2, 0.25) is 0 Å². The van der Waals surface area contributed by atoms with Gasteiger partial charge in [-0.2, -0.15) is 16.7 Å². The molecule has 2 atom stereocenters. The largest absolute Gasteiger partial charge is 0.507 e. The first-order valence-corrected chi connectivity index (χ1v) is 13.7. The van der Waals surface area contributed by atoms with Gasteiger partial charge in [0.25, 0.3) is 0 Å². The van der Waals surface area contributed by atoms with Crippen molar-refractivity contribution in [1.82, 2.24) is 15.5 Å². The SMILES string of the molecule is COCCc1noc([C@H](CCSC)N/C(C)=C2\C(=O)C=C3Oc4c(C(C)=O)c(O)c(C)c(O)c4[C@@]3(C)C2=O)n1. The summed E-state index contributed by atoms with van der Waals surface area (Å²) in [5.74, 6) is -1.14. The zero-order valence-electron chi connectivity index (χ0n) is 22.6. The molecule has 3 N–H and O–H groups in total. The molecule has 0 amide bonds. The number of nitrogens with zero attached hydrogens (tertiary/aromatic N) is 2. The van der Waals surface area contributed by atoms with Crippen LogP contribution in [-0.4, -0.2) is 63.4 Å². The van der Waals surface area contributed by atoms with Crippen molar-refractivity contribution in [3.63, 3.8) is 0 Å². The molecule has 1 aliphatic carbocycles. The van der Waals surface area contributed by atoms with Crippen molar-refractivity contribution >= 4 is 29.1 Å². The number of aromatic hydroxyl groups is 2. The van der Waals surface area contributed by atoms with Gasteiger partial charge < -0.3 is 29.5 Å². The van der Waals surface area contributed by atoms with Crippen molar-refractivity contribution < 1.29 is 38.6 Å². The lowest BCUT2D eigenvalue weighted by Crippen LogP contribution is -2.41. The molecular weight excluding hydrogens is 526 g/mol. The third kappa shape index (κ3) is 4.71. The van der Waals surface area contributed by atoms with Gasteiger partial charge in [-0.1, -0.05) is 5.16 Å². The topological polar surface area (TPSA) is 161 Å². The van der Waals surface area contributed by atoms with Crippen LogP contribution < -0.4 is 10.1 Å². The number of carbonyl (C=O) groups is 3. The summed E-state index contributed by atoms with van der Waals surface area (Å²) in [7, 11) is 1.58. The number of aromatic nitrogens is 2. The number of phenols is 2. The minimum absolute atomic E-state index is 0.0227. The molecule has 12 heteroatoms. The summed E-state index contributed by atoms with van der Waals surface area (Å²) in [6, 6.07) is -0.475. The maximum atomic E-state index is 14.1. The number of hydrogen-bond donors (Lipinski definition) is 3. The molecule has 2 heterocycles. The quantitative estimate of drug-likeness (QED) is 0.223. The molecule has 1 aromatic carbocycles. The fourth-order valence-electron chi connectivity index (χ4n) is 4.89. The Morgan fingerprint density at radius 1 is 1.26 bits per heavy atom. The molecule has 0 bridgehead atoms. The Morgan fingerprint density at radius 2 is 1.97 bits per heavy atom. The Labute approximate surface area is 229 Å². The van der Waals surface area contributed by atoms with Crippen LogP contribution in [0.1, 0.15) is 66.4 Å². The number of phenolic OH excluding ortho intramolecular Hbond substituents is 2. The number of carbonyl (C=O) groups excluding carboxylic acids is 3. The van der Waals surface area contributed by atoms with E-state index in [1.165, 1.54) is 26.8 Å². The minimum atomic E-state index is -1.60. The maximum absolute atomic E-state index is 14.1. The Balaban J connectivity index is 1.77. The fourth-order valence-corrected chi connectivity index (χ4v) is 5.36. The number of allylic oxidation sites excluding steroid dienone is 4. The van der Waals surface area contributed by atoms with E-state index >= 15 is 0 Å². The maximum Gasteiger partial charge on any atom is 0.249 e. The summed E-state index contributed by atoms with van der Waals surface area (Å²) < 4.78 is 16.4. The number of fused-ring (bicyclic) bond motifs is 3. The van der Waals surface area contributed by atoms with E-state index in [4.69, 9.17) is 14.0 Å². The smallest absolute Gasteiger partial charge is 0.249 e. The molecule has 0 saturated heterocycles. The third-order valence-corrected chi connectivity index (χ3v) is 7.72. The predicted octanol–water partition coefficient (Wildman–Crippen LogP) is 3.22. The first-order chi connectivity index (χ1) is 18.5. The summed E-state index contributed by atoms with van der Waals surface area (Å²) in [6.07, 6.45) is 4.19. The molecule has 11 nitrogen and oxygen atoms in total. The second-order valence-corrected chi connectivity index (χ2v) is 10.6. The first-order valence-electron chi connectivity index (χ1n) is 12.3. The van der Waals surface area contributed by atoms with Gasteiger partial charge in [-0.15, -0.1) is 0 Å². The van der Waals surface area contributed by atoms with Gasteiger partial charge in [0, 0.05) is 30.9 Å². The van der Waals surface area contributed by atoms with E-state index in [0.29, 0.717) is 36.9 Å². The molecule has 4 rings (SSSR count). The number of thioether (sulfide) groups is 1. The number of ether oxygens (including phenoxy) is 2. The number of rotatable bonds is 10. The first kappa shape index (κ1) is 28.4. The van der Waals surface area contributed by atoms with E-state index in [1.807, 2.05) is 6.26 Å². The average Bonchev–Trinajstić information content (AvgIpc) is 3.47.